The number of fused-ring (bicyclic) bond motifs is 3. The van der Waals surface area contributed by atoms with Gasteiger partial charge >= 0.3 is 12.1 Å². The number of carboxylic acid groups (broad SMARTS) is 1. The van der Waals surface area contributed by atoms with E-state index in [4.69, 9.17) is 15.6 Å². The maximum Gasteiger partial charge on any atom is 0.417 e. The zero-order chi connectivity index (χ0) is 37.6. The lowest BCUT2D eigenvalue weighted by Gasteiger charge is -2.33. The maximum absolute atomic E-state index is 14.9. The molecule has 0 aliphatic heterocycles. The Labute approximate surface area is 304 Å². The Morgan fingerprint density at radius 1 is 0.885 bits per heavy atom. The molecule has 270 valence electrons. The van der Waals surface area contributed by atoms with Crippen LogP contribution in [0.1, 0.15) is 79.0 Å². The summed E-state index contributed by atoms with van der Waals surface area (Å²) < 4.78 is 6.00. The highest BCUT2D eigenvalue weighted by Gasteiger charge is 2.40. The van der Waals surface area contributed by atoms with Gasteiger partial charge in [0.25, 0.3) is 5.91 Å². The molecule has 1 aliphatic rings. The second kappa shape index (κ2) is 16.2. The summed E-state index contributed by atoms with van der Waals surface area (Å²) in [7, 11) is 0. The summed E-state index contributed by atoms with van der Waals surface area (Å²) in [5, 5.41) is 11.8. The number of benzene rings is 4. The average molecular weight is 704 g/mol. The van der Waals surface area contributed by atoms with Crippen molar-refractivity contribution < 1.29 is 33.8 Å². The van der Waals surface area contributed by atoms with Gasteiger partial charge in [0, 0.05) is 18.8 Å². The number of ether oxygens (including phenoxy) is 1. The van der Waals surface area contributed by atoms with Crippen molar-refractivity contribution in [2.45, 2.75) is 76.4 Å². The molecule has 1 aliphatic carbocycles. The van der Waals surface area contributed by atoms with E-state index in [1.807, 2.05) is 100 Å². The largest absolute Gasteiger partial charge is 0.481 e. The van der Waals surface area contributed by atoms with E-state index in [2.05, 4.69) is 5.32 Å². The minimum absolute atomic E-state index is 0.0391. The third-order valence-corrected chi connectivity index (χ3v) is 9.57. The van der Waals surface area contributed by atoms with Crippen LogP contribution in [0.2, 0.25) is 0 Å². The van der Waals surface area contributed by atoms with Crippen LogP contribution in [-0.2, 0) is 35.8 Å². The zero-order valence-corrected chi connectivity index (χ0v) is 29.9. The second-order valence-corrected chi connectivity index (χ2v) is 14.2. The van der Waals surface area contributed by atoms with Crippen molar-refractivity contribution in [3.63, 3.8) is 0 Å². The molecule has 10 heteroatoms. The van der Waals surface area contributed by atoms with Crippen LogP contribution in [0.25, 0.3) is 11.1 Å². The van der Waals surface area contributed by atoms with Crippen LogP contribution in [0.4, 0.5) is 4.79 Å². The Morgan fingerprint density at radius 2 is 1.46 bits per heavy atom. The number of rotatable bonds is 13. The lowest BCUT2D eigenvalue weighted by molar-refractivity contribution is -0.139. The number of carbonyl (C=O) groups excluding carboxylic acids is 4. The van der Waals surface area contributed by atoms with Gasteiger partial charge < -0.3 is 25.7 Å². The van der Waals surface area contributed by atoms with Crippen LogP contribution in [-0.4, -0.2) is 58.9 Å². The first-order chi connectivity index (χ1) is 24.8. The number of nitrogens with two attached hydrogens (primary N) is 1. The molecule has 0 unspecified atom stereocenters. The van der Waals surface area contributed by atoms with Gasteiger partial charge in [0.1, 0.15) is 25.0 Å². The molecule has 0 spiro atoms. The Bertz CT molecular complexity index is 1920. The Hall–Kier alpha value is -5.61. The van der Waals surface area contributed by atoms with Crippen LogP contribution < -0.4 is 11.1 Å². The number of carboxylic acids is 1. The molecular formula is C42H45N3O7. The summed E-state index contributed by atoms with van der Waals surface area (Å²) >= 11 is 0. The summed E-state index contributed by atoms with van der Waals surface area (Å²) in [4.78, 5) is 67.9. The Balaban J connectivity index is 1.55. The maximum atomic E-state index is 14.9. The minimum atomic E-state index is -1.41. The molecule has 4 aromatic rings. The van der Waals surface area contributed by atoms with Gasteiger partial charge in [-0.05, 0) is 63.3 Å². The summed E-state index contributed by atoms with van der Waals surface area (Å²) in [6, 6.07) is 26.1. The smallest absolute Gasteiger partial charge is 0.417 e. The molecule has 0 saturated carbocycles. The van der Waals surface area contributed by atoms with Crippen molar-refractivity contribution in [3.8, 4) is 11.1 Å². The fraction of sp³-hybridized carbons (Fsp3) is 0.310. The Kier molecular flexibility index (Phi) is 11.7. The number of aliphatic carboxylic acids is 1. The first-order valence-electron chi connectivity index (χ1n) is 17.4. The summed E-state index contributed by atoms with van der Waals surface area (Å²) in [5.41, 5.74) is 12.3. The van der Waals surface area contributed by atoms with Crippen LogP contribution in [0.15, 0.2) is 97.1 Å². The number of aryl methyl sites for hydroxylation is 1. The highest BCUT2D eigenvalue weighted by atomic mass is 16.6. The SMILES string of the molecule is Cc1ccccc1C[C@H](NC(=O)[C@@H](N)CCC(=O)O)C(=O)N(C(=O)OCC1c2ccccc2-c2ccccc21)[C@H](C=O)c1ccccc1C(C)(C)C. The number of nitrogens with zero attached hydrogens (tertiary/aromatic N) is 1. The first-order valence-corrected chi connectivity index (χ1v) is 17.4. The summed E-state index contributed by atoms with van der Waals surface area (Å²) in [6.45, 7) is 7.64. The van der Waals surface area contributed by atoms with Crippen molar-refractivity contribution >= 4 is 30.2 Å². The molecule has 3 atom stereocenters. The third kappa shape index (κ3) is 8.29. The lowest BCUT2D eigenvalue weighted by Crippen LogP contribution is -2.56. The van der Waals surface area contributed by atoms with Gasteiger partial charge in [-0.3, -0.25) is 14.4 Å². The molecule has 10 nitrogen and oxygen atoms in total. The molecule has 3 amide bonds. The fourth-order valence-electron chi connectivity index (χ4n) is 6.83. The van der Waals surface area contributed by atoms with Crippen LogP contribution in [0.5, 0.6) is 0 Å². The van der Waals surface area contributed by atoms with Crippen molar-refractivity contribution in [2.75, 3.05) is 6.61 Å². The van der Waals surface area contributed by atoms with E-state index in [9.17, 15) is 24.0 Å². The van der Waals surface area contributed by atoms with Gasteiger partial charge in [0.05, 0.1) is 6.04 Å². The predicted octanol–water partition coefficient (Wildman–Crippen LogP) is 6.23. The number of nitrogens with one attached hydrogen (secondary N) is 1. The molecule has 4 aromatic carbocycles. The monoisotopic (exact) mass is 703 g/mol. The molecule has 5 rings (SSSR count). The standard InChI is InChI=1S/C42H45N3O7/c1-26-13-5-6-14-27(26)23-36(44-39(49)35(43)21-22-38(47)48)40(50)45(37(24-46)32-19-11-12-20-34(32)42(2,3)4)41(51)52-25-33-30-17-9-7-15-28(30)29-16-8-10-18-31(29)33/h5-20,24,33,35-37H,21-23,25,43H2,1-4H3,(H,44,49)(H,47,48)/t35-,36-,37+/m0/s1. The van der Waals surface area contributed by atoms with Gasteiger partial charge in [-0.1, -0.05) is 118 Å². The molecule has 0 aromatic heterocycles. The van der Waals surface area contributed by atoms with Crippen molar-refractivity contribution in [3.05, 3.63) is 130 Å². The molecule has 0 heterocycles. The third-order valence-electron chi connectivity index (χ3n) is 9.57. The number of hydrogen-bond acceptors (Lipinski definition) is 7. The topological polar surface area (TPSA) is 156 Å². The number of hydrogen-bond donors (Lipinski definition) is 3. The summed E-state index contributed by atoms with van der Waals surface area (Å²) in [5.74, 6) is -3.08. The normalized spacial score (nSPS) is 13.9. The van der Waals surface area contributed by atoms with E-state index in [0.717, 1.165) is 38.3 Å². The van der Waals surface area contributed by atoms with E-state index < -0.39 is 47.4 Å². The quantitative estimate of drug-likeness (QED) is 0.138. The Morgan fingerprint density at radius 3 is 2.06 bits per heavy atom. The molecule has 0 fully saturated rings. The molecular weight excluding hydrogens is 658 g/mol. The van der Waals surface area contributed by atoms with Crippen LogP contribution in [0.3, 0.4) is 0 Å². The van der Waals surface area contributed by atoms with Crippen LogP contribution >= 0.6 is 0 Å². The van der Waals surface area contributed by atoms with E-state index in [0.29, 0.717) is 17.4 Å². The van der Waals surface area contributed by atoms with Gasteiger partial charge in [0.15, 0.2) is 0 Å². The van der Waals surface area contributed by atoms with Gasteiger partial charge in [-0.2, -0.15) is 0 Å². The minimum Gasteiger partial charge on any atom is -0.481 e. The molecule has 4 N–H and O–H groups in total. The van der Waals surface area contributed by atoms with E-state index in [-0.39, 0.29) is 31.8 Å². The average Bonchev–Trinajstić information content (AvgIpc) is 3.45. The van der Waals surface area contributed by atoms with Crippen LogP contribution in [0, 0.1) is 6.92 Å². The van der Waals surface area contributed by atoms with Crippen molar-refractivity contribution in [2.24, 2.45) is 5.73 Å². The molecule has 0 radical (unpaired) electrons. The van der Waals surface area contributed by atoms with E-state index >= 15 is 0 Å². The highest BCUT2D eigenvalue weighted by Crippen LogP contribution is 2.44. The van der Waals surface area contributed by atoms with Gasteiger partial charge in [-0.15, -0.1) is 0 Å². The fourth-order valence-corrected chi connectivity index (χ4v) is 6.83. The summed E-state index contributed by atoms with van der Waals surface area (Å²) in [6.07, 6.45) is -1.07. The van der Waals surface area contributed by atoms with E-state index in [1.165, 1.54) is 0 Å². The number of amides is 3. The molecule has 0 bridgehead atoms. The van der Waals surface area contributed by atoms with Crippen molar-refractivity contribution in [1.82, 2.24) is 10.2 Å². The predicted molar refractivity (Wildman–Crippen MR) is 198 cm³/mol. The first kappa shape index (κ1) is 37.6. The number of imide groups is 1. The zero-order valence-electron chi connectivity index (χ0n) is 29.9. The highest BCUT2D eigenvalue weighted by molar-refractivity contribution is 6.00. The van der Waals surface area contributed by atoms with Gasteiger partial charge in [-0.25, -0.2) is 9.69 Å². The molecule has 0 saturated heterocycles. The lowest BCUT2D eigenvalue weighted by atomic mass is 9.81. The second-order valence-electron chi connectivity index (χ2n) is 14.2. The van der Waals surface area contributed by atoms with Crippen molar-refractivity contribution in [1.29, 1.82) is 0 Å². The molecule has 52 heavy (non-hydrogen) atoms. The van der Waals surface area contributed by atoms with E-state index in [1.54, 1.807) is 24.3 Å². The number of carbonyl (C=O) groups is 5. The number of aldehydes is 1. The van der Waals surface area contributed by atoms with Gasteiger partial charge in [0.2, 0.25) is 5.91 Å².